The molecule has 0 saturated carbocycles. The van der Waals surface area contributed by atoms with Crippen molar-refractivity contribution < 1.29 is 13.2 Å². The number of carbonyl (C=O) groups is 1. The molecule has 1 aliphatic rings. The normalized spacial score (nSPS) is 19.3. The molecule has 19 heavy (non-hydrogen) atoms. The fourth-order valence-corrected chi connectivity index (χ4v) is 2.74. The third kappa shape index (κ3) is 3.54. The Bertz CT molecular complexity index is 566. The van der Waals surface area contributed by atoms with Crippen LogP contribution in [0.3, 0.4) is 0 Å². The Labute approximate surface area is 112 Å². The van der Waals surface area contributed by atoms with Gasteiger partial charge in [0.25, 0.3) is 0 Å². The average molecular weight is 286 g/mol. The van der Waals surface area contributed by atoms with Gasteiger partial charge in [-0.05, 0) is 12.5 Å². The van der Waals surface area contributed by atoms with Crippen molar-refractivity contribution in [2.24, 2.45) is 0 Å². The van der Waals surface area contributed by atoms with E-state index in [-0.39, 0.29) is 11.9 Å². The zero-order chi connectivity index (χ0) is 14.0. The molecule has 1 aliphatic heterocycles. The van der Waals surface area contributed by atoms with Crippen molar-refractivity contribution in [2.45, 2.75) is 25.9 Å². The fourth-order valence-electron chi connectivity index (χ4n) is 2.25. The Morgan fingerprint density at radius 1 is 1.58 bits per heavy atom. The van der Waals surface area contributed by atoms with Gasteiger partial charge in [0.1, 0.15) is 0 Å². The summed E-state index contributed by atoms with van der Waals surface area (Å²) in [6.45, 7) is 3.01. The van der Waals surface area contributed by atoms with Crippen LogP contribution in [0, 0.1) is 0 Å². The van der Waals surface area contributed by atoms with Crippen LogP contribution in [0.5, 0.6) is 0 Å². The molecule has 106 valence electrons. The van der Waals surface area contributed by atoms with Gasteiger partial charge >= 0.3 is 0 Å². The van der Waals surface area contributed by atoms with E-state index in [9.17, 15) is 13.2 Å². The van der Waals surface area contributed by atoms with Gasteiger partial charge in [0.2, 0.25) is 15.9 Å². The molecule has 1 atom stereocenters. The predicted octanol–water partition coefficient (Wildman–Crippen LogP) is -0.274. The van der Waals surface area contributed by atoms with Crippen LogP contribution >= 0.6 is 0 Å². The molecule has 0 fully saturated rings. The van der Waals surface area contributed by atoms with Gasteiger partial charge in [-0.1, -0.05) is 0 Å². The van der Waals surface area contributed by atoms with Gasteiger partial charge in [0.05, 0.1) is 24.5 Å². The highest BCUT2D eigenvalue weighted by Gasteiger charge is 2.26. The second kappa shape index (κ2) is 5.30. The van der Waals surface area contributed by atoms with Crippen LogP contribution in [-0.4, -0.2) is 48.4 Å². The highest BCUT2D eigenvalue weighted by molar-refractivity contribution is 7.88. The molecule has 2 heterocycles. The molecular formula is C11H18N4O3S. The molecule has 2 rings (SSSR count). The Morgan fingerprint density at radius 2 is 2.32 bits per heavy atom. The summed E-state index contributed by atoms with van der Waals surface area (Å²) in [6, 6.07) is 1.89. The van der Waals surface area contributed by atoms with Crippen molar-refractivity contribution in [1.29, 1.82) is 0 Å². The number of rotatable bonds is 4. The maximum Gasteiger partial charge on any atom is 0.219 e. The minimum atomic E-state index is -3.18. The fraction of sp³-hybridized carbons (Fsp3) is 0.636. The number of amides is 1. The molecule has 0 aromatic carbocycles. The maximum atomic E-state index is 11.5. The van der Waals surface area contributed by atoms with E-state index >= 15 is 0 Å². The number of nitrogens with one attached hydrogen (secondary N) is 1. The third-order valence-corrected chi connectivity index (χ3v) is 3.90. The molecule has 8 heteroatoms. The Hall–Kier alpha value is -1.41. The number of carbonyl (C=O) groups excluding carboxylic acids is 1. The van der Waals surface area contributed by atoms with Crippen LogP contribution in [0.1, 0.15) is 25.1 Å². The van der Waals surface area contributed by atoms with Crippen molar-refractivity contribution in [2.75, 3.05) is 19.3 Å². The van der Waals surface area contributed by atoms with E-state index in [0.29, 0.717) is 26.1 Å². The maximum absolute atomic E-state index is 11.5. The van der Waals surface area contributed by atoms with E-state index in [1.54, 1.807) is 11.1 Å². The van der Waals surface area contributed by atoms with E-state index in [1.807, 2.05) is 10.7 Å². The summed E-state index contributed by atoms with van der Waals surface area (Å²) in [5, 5.41) is 4.25. The first kappa shape index (κ1) is 14.0. The number of hydrogen-bond donors (Lipinski definition) is 1. The van der Waals surface area contributed by atoms with Crippen molar-refractivity contribution in [3.8, 4) is 0 Å². The molecule has 1 amide bonds. The lowest BCUT2D eigenvalue weighted by molar-refractivity contribution is -0.130. The minimum absolute atomic E-state index is 0.0110. The standard InChI is InChI=1S/C11H18N4O3S/c1-9(16)14-7-10-3-5-12-15(10)11(8-14)4-6-13-19(2,17)18/h3,5,11,13H,4,6-8H2,1-2H3/t11-/m0/s1. The first-order valence-electron chi connectivity index (χ1n) is 6.09. The number of fused-ring (bicyclic) bond motifs is 1. The lowest BCUT2D eigenvalue weighted by Crippen LogP contribution is -2.41. The molecule has 1 aromatic rings. The van der Waals surface area contributed by atoms with Crippen LogP contribution in [0.4, 0.5) is 0 Å². The second-order valence-corrected chi connectivity index (χ2v) is 6.61. The van der Waals surface area contributed by atoms with E-state index in [4.69, 9.17) is 0 Å². The highest BCUT2D eigenvalue weighted by atomic mass is 32.2. The Morgan fingerprint density at radius 3 is 2.95 bits per heavy atom. The van der Waals surface area contributed by atoms with Crippen LogP contribution in [0.15, 0.2) is 12.3 Å². The van der Waals surface area contributed by atoms with Gasteiger partial charge in [-0.25, -0.2) is 13.1 Å². The lowest BCUT2D eigenvalue weighted by atomic mass is 10.1. The molecule has 0 spiro atoms. The predicted molar refractivity (Wildman–Crippen MR) is 69.8 cm³/mol. The average Bonchev–Trinajstić information content (AvgIpc) is 2.74. The Kier molecular flexibility index (Phi) is 3.91. The summed E-state index contributed by atoms with van der Waals surface area (Å²) in [5.41, 5.74) is 0.978. The van der Waals surface area contributed by atoms with Gasteiger partial charge in [0, 0.05) is 26.2 Å². The SMILES string of the molecule is CC(=O)N1Cc2ccnn2[C@@H](CCNS(C)(=O)=O)C1. The molecular weight excluding hydrogens is 268 g/mol. The quantitative estimate of drug-likeness (QED) is 0.825. The summed E-state index contributed by atoms with van der Waals surface area (Å²) in [6.07, 6.45) is 3.44. The van der Waals surface area contributed by atoms with Gasteiger partial charge < -0.3 is 4.90 Å². The van der Waals surface area contributed by atoms with Gasteiger partial charge in [-0.2, -0.15) is 5.10 Å². The minimum Gasteiger partial charge on any atom is -0.335 e. The number of hydrogen-bond acceptors (Lipinski definition) is 4. The van der Waals surface area contributed by atoms with Crippen molar-refractivity contribution in [3.63, 3.8) is 0 Å². The number of sulfonamides is 1. The van der Waals surface area contributed by atoms with Crippen LogP contribution in [0.25, 0.3) is 0 Å². The lowest BCUT2D eigenvalue weighted by Gasteiger charge is -2.33. The van der Waals surface area contributed by atoms with Crippen molar-refractivity contribution >= 4 is 15.9 Å². The van der Waals surface area contributed by atoms with Gasteiger partial charge in [0.15, 0.2) is 0 Å². The van der Waals surface area contributed by atoms with Crippen molar-refractivity contribution in [1.82, 2.24) is 19.4 Å². The molecule has 0 radical (unpaired) electrons. The van der Waals surface area contributed by atoms with E-state index in [2.05, 4.69) is 9.82 Å². The molecule has 0 unspecified atom stereocenters. The van der Waals surface area contributed by atoms with Crippen LogP contribution in [0.2, 0.25) is 0 Å². The van der Waals surface area contributed by atoms with Gasteiger partial charge in [-0.3, -0.25) is 9.48 Å². The van der Waals surface area contributed by atoms with E-state index in [0.717, 1.165) is 11.9 Å². The second-order valence-electron chi connectivity index (χ2n) is 4.78. The molecule has 1 aromatic heterocycles. The summed E-state index contributed by atoms with van der Waals surface area (Å²) in [7, 11) is -3.18. The van der Waals surface area contributed by atoms with Crippen LogP contribution < -0.4 is 4.72 Å². The molecule has 0 aliphatic carbocycles. The molecule has 7 nitrogen and oxygen atoms in total. The monoisotopic (exact) mass is 286 g/mol. The zero-order valence-electron chi connectivity index (χ0n) is 11.0. The summed E-state index contributed by atoms with van der Waals surface area (Å²) < 4.78 is 26.4. The largest absolute Gasteiger partial charge is 0.335 e. The summed E-state index contributed by atoms with van der Waals surface area (Å²) in [5.74, 6) is 0.0218. The molecule has 0 bridgehead atoms. The van der Waals surface area contributed by atoms with E-state index in [1.165, 1.54) is 6.92 Å². The first-order chi connectivity index (χ1) is 8.87. The Balaban J connectivity index is 2.05. The molecule has 1 N–H and O–H groups in total. The summed E-state index contributed by atoms with van der Waals surface area (Å²) in [4.78, 5) is 13.2. The topological polar surface area (TPSA) is 84.3 Å². The highest BCUT2D eigenvalue weighted by Crippen LogP contribution is 2.22. The van der Waals surface area contributed by atoms with E-state index < -0.39 is 10.0 Å². The number of nitrogens with zero attached hydrogens (tertiary/aromatic N) is 3. The smallest absolute Gasteiger partial charge is 0.219 e. The third-order valence-electron chi connectivity index (χ3n) is 3.17. The zero-order valence-corrected chi connectivity index (χ0v) is 11.9. The number of aromatic nitrogens is 2. The van der Waals surface area contributed by atoms with Crippen LogP contribution in [-0.2, 0) is 21.4 Å². The van der Waals surface area contributed by atoms with Gasteiger partial charge in [-0.15, -0.1) is 0 Å². The summed E-state index contributed by atoms with van der Waals surface area (Å²) >= 11 is 0. The molecule has 0 saturated heterocycles. The first-order valence-corrected chi connectivity index (χ1v) is 7.98. The van der Waals surface area contributed by atoms with Crippen molar-refractivity contribution in [3.05, 3.63) is 18.0 Å².